The summed E-state index contributed by atoms with van der Waals surface area (Å²) in [5, 5.41) is 1.36. The normalized spacial score (nSPS) is 19.7. The van der Waals surface area contributed by atoms with Crippen LogP contribution in [-0.2, 0) is 16.1 Å². The lowest BCUT2D eigenvalue weighted by molar-refractivity contribution is 0.104. The highest BCUT2D eigenvalue weighted by Crippen LogP contribution is 2.21. The third-order valence-electron chi connectivity index (χ3n) is 1.97. The number of hydrogen-bond donors (Lipinski definition) is 0. The summed E-state index contributed by atoms with van der Waals surface area (Å²) in [5.41, 5.74) is 0.916. The number of halogens is 2. The fourth-order valence-electron chi connectivity index (χ4n) is 1.12. The van der Waals surface area contributed by atoms with E-state index in [2.05, 4.69) is 0 Å². The van der Waals surface area contributed by atoms with Crippen molar-refractivity contribution < 1.29 is 9.47 Å². The van der Waals surface area contributed by atoms with E-state index in [0.29, 0.717) is 23.3 Å². The van der Waals surface area contributed by atoms with Gasteiger partial charge in [-0.25, -0.2) is 0 Å². The summed E-state index contributed by atoms with van der Waals surface area (Å²) in [6, 6.07) is 5.35. The highest BCUT2D eigenvalue weighted by atomic mass is 35.5. The molecule has 0 N–H and O–H groups in total. The maximum absolute atomic E-state index is 5.96. The van der Waals surface area contributed by atoms with Crippen molar-refractivity contribution in [3.63, 3.8) is 0 Å². The average Bonchev–Trinajstić information content (AvgIpc) is 2.95. The Bertz CT molecular complexity index is 324. The van der Waals surface area contributed by atoms with Crippen molar-refractivity contribution in [1.29, 1.82) is 0 Å². The molecule has 0 spiro atoms. The van der Waals surface area contributed by atoms with Gasteiger partial charge in [0.15, 0.2) is 0 Å². The fraction of sp³-hybridized carbons (Fsp3) is 0.400. The van der Waals surface area contributed by atoms with Crippen LogP contribution in [0, 0.1) is 0 Å². The van der Waals surface area contributed by atoms with Crippen LogP contribution in [0.5, 0.6) is 0 Å². The van der Waals surface area contributed by atoms with Crippen molar-refractivity contribution in [1.82, 2.24) is 0 Å². The van der Waals surface area contributed by atoms with Crippen molar-refractivity contribution in [3.05, 3.63) is 33.8 Å². The second kappa shape index (κ2) is 4.49. The Balaban J connectivity index is 1.89. The first kappa shape index (κ1) is 10.2. The summed E-state index contributed by atoms with van der Waals surface area (Å²) in [5.74, 6) is 0. The monoisotopic (exact) mass is 232 g/mol. The summed E-state index contributed by atoms with van der Waals surface area (Å²) in [4.78, 5) is 0. The molecular formula is C10H10Cl2O2. The lowest BCUT2D eigenvalue weighted by Gasteiger charge is -2.05. The highest BCUT2D eigenvalue weighted by Gasteiger charge is 2.22. The smallest absolute Gasteiger partial charge is 0.104 e. The van der Waals surface area contributed by atoms with E-state index < -0.39 is 0 Å². The van der Waals surface area contributed by atoms with E-state index in [-0.39, 0.29) is 6.10 Å². The second-order valence-electron chi connectivity index (χ2n) is 3.21. The minimum atomic E-state index is 0.285. The van der Waals surface area contributed by atoms with Crippen molar-refractivity contribution in [2.24, 2.45) is 0 Å². The van der Waals surface area contributed by atoms with Crippen LogP contribution < -0.4 is 0 Å². The van der Waals surface area contributed by atoms with Crippen LogP contribution in [0.25, 0.3) is 0 Å². The summed E-state index contributed by atoms with van der Waals surface area (Å²) in [6.45, 7) is 1.92. The van der Waals surface area contributed by atoms with Gasteiger partial charge in [-0.15, -0.1) is 0 Å². The van der Waals surface area contributed by atoms with Crippen LogP contribution in [0.1, 0.15) is 5.56 Å². The highest BCUT2D eigenvalue weighted by molar-refractivity contribution is 6.33. The third kappa shape index (κ3) is 2.85. The van der Waals surface area contributed by atoms with E-state index in [1.54, 1.807) is 12.1 Å². The molecule has 2 nitrogen and oxygen atoms in total. The van der Waals surface area contributed by atoms with E-state index in [0.717, 1.165) is 12.2 Å². The third-order valence-corrected chi connectivity index (χ3v) is 2.58. The summed E-state index contributed by atoms with van der Waals surface area (Å²) >= 11 is 11.8. The van der Waals surface area contributed by atoms with E-state index in [9.17, 15) is 0 Å². The van der Waals surface area contributed by atoms with Gasteiger partial charge in [-0.2, -0.15) is 0 Å². The topological polar surface area (TPSA) is 21.8 Å². The molecule has 1 aromatic carbocycles. The van der Waals surface area contributed by atoms with Crippen LogP contribution in [-0.4, -0.2) is 19.3 Å². The minimum absolute atomic E-state index is 0.285. The molecule has 0 bridgehead atoms. The van der Waals surface area contributed by atoms with Gasteiger partial charge in [0.25, 0.3) is 0 Å². The zero-order valence-electron chi connectivity index (χ0n) is 7.50. The fourth-order valence-corrected chi connectivity index (χ4v) is 1.49. The molecule has 0 aliphatic carbocycles. The molecule has 0 saturated carbocycles. The summed E-state index contributed by atoms with van der Waals surface area (Å²) < 4.78 is 10.4. The van der Waals surface area contributed by atoms with Crippen LogP contribution in [0.3, 0.4) is 0 Å². The zero-order valence-corrected chi connectivity index (χ0v) is 9.02. The quantitative estimate of drug-likeness (QED) is 0.746. The average molecular weight is 233 g/mol. The molecule has 1 aliphatic heterocycles. The van der Waals surface area contributed by atoms with Crippen LogP contribution in [0.15, 0.2) is 18.2 Å². The van der Waals surface area contributed by atoms with Gasteiger partial charge in [0.05, 0.1) is 19.8 Å². The number of hydrogen-bond acceptors (Lipinski definition) is 2. The van der Waals surface area contributed by atoms with Gasteiger partial charge < -0.3 is 9.47 Å². The lowest BCUT2D eigenvalue weighted by Crippen LogP contribution is -2.01. The Kier molecular flexibility index (Phi) is 3.29. The van der Waals surface area contributed by atoms with Crippen LogP contribution in [0.4, 0.5) is 0 Å². The number of ether oxygens (including phenoxy) is 2. The van der Waals surface area contributed by atoms with Crippen molar-refractivity contribution >= 4 is 23.2 Å². The number of epoxide rings is 1. The van der Waals surface area contributed by atoms with Gasteiger partial charge in [-0.3, -0.25) is 0 Å². The standard InChI is InChI=1S/C10H10Cl2O2/c11-8-1-2-10(12)7(3-8)4-13-5-9-6-14-9/h1-3,9H,4-6H2/t9-/m0/s1. The zero-order chi connectivity index (χ0) is 9.97. The Labute approximate surface area is 92.7 Å². The van der Waals surface area contributed by atoms with Gasteiger partial charge in [0.1, 0.15) is 6.10 Å². The Morgan fingerprint density at radius 3 is 2.93 bits per heavy atom. The first-order valence-electron chi connectivity index (χ1n) is 4.39. The van der Waals surface area contributed by atoms with Gasteiger partial charge in [0.2, 0.25) is 0 Å². The molecule has 4 heteroatoms. The molecule has 0 radical (unpaired) electrons. The second-order valence-corrected chi connectivity index (χ2v) is 4.05. The first-order valence-corrected chi connectivity index (χ1v) is 5.14. The summed E-state index contributed by atoms with van der Waals surface area (Å²) in [6.07, 6.45) is 0.285. The molecule has 1 saturated heterocycles. The predicted molar refractivity (Wildman–Crippen MR) is 55.9 cm³/mol. The molecule has 0 aromatic heterocycles. The lowest BCUT2D eigenvalue weighted by atomic mass is 10.2. The Morgan fingerprint density at radius 1 is 1.43 bits per heavy atom. The first-order chi connectivity index (χ1) is 6.75. The van der Waals surface area contributed by atoms with Gasteiger partial charge in [-0.1, -0.05) is 23.2 Å². The molecule has 0 unspecified atom stereocenters. The number of benzene rings is 1. The van der Waals surface area contributed by atoms with Gasteiger partial charge in [-0.05, 0) is 23.8 Å². The molecule has 2 rings (SSSR count). The molecule has 1 atom stereocenters. The van der Waals surface area contributed by atoms with Gasteiger partial charge in [0, 0.05) is 10.0 Å². The summed E-state index contributed by atoms with van der Waals surface area (Å²) in [7, 11) is 0. The molecule has 0 amide bonds. The van der Waals surface area contributed by atoms with E-state index in [4.69, 9.17) is 32.7 Å². The molecule has 14 heavy (non-hydrogen) atoms. The van der Waals surface area contributed by atoms with Crippen molar-refractivity contribution in [2.45, 2.75) is 12.7 Å². The molecule has 1 aromatic rings. The largest absolute Gasteiger partial charge is 0.374 e. The Hall–Kier alpha value is -0.280. The molecule has 1 aliphatic rings. The molecular weight excluding hydrogens is 223 g/mol. The maximum Gasteiger partial charge on any atom is 0.104 e. The molecule has 1 fully saturated rings. The molecule has 76 valence electrons. The van der Waals surface area contributed by atoms with E-state index >= 15 is 0 Å². The van der Waals surface area contributed by atoms with E-state index in [1.807, 2.05) is 6.07 Å². The van der Waals surface area contributed by atoms with Crippen LogP contribution in [0.2, 0.25) is 10.0 Å². The van der Waals surface area contributed by atoms with E-state index in [1.165, 1.54) is 0 Å². The molecule has 1 heterocycles. The van der Waals surface area contributed by atoms with Crippen molar-refractivity contribution in [3.8, 4) is 0 Å². The predicted octanol–water partition coefficient (Wildman–Crippen LogP) is 2.91. The SMILES string of the molecule is Clc1ccc(Cl)c(COC[C@H]2CO2)c1. The van der Waals surface area contributed by atoms with Crippen LogP contribution >= 0.6 is 23.2 Å². The van der Waals surface area contributed by atoms with Gasteiger partial charge >= 0.3 is 0 Å². The minimum Gasteiger partial charge on any atom is -0.374 e. The van der Waals surface area contributed by atoms with Crippen molar-refractivity contribution in [2.75, 3.05) is 13.2 Å². The Morgan fingerprint density at radius 2 is 2.21 bits per heavy atom. The number of rotatable bonds is 4. The maximum atomic E-state index is 5.96.